The highest BCUT2D eigenvalue weighted by atomic mass is 127. The average molecular weight is 469 g/mol. The highest BCUT2D eigenvalue weighted by molar-refractivity contribution is 14.0. The summed E-state index contributed by atoms with van der Waals surface area (Å²) in [5.74, 6) is 2.32. The van der Waals surface area contributed by atoms with Crippen molar-refractivity contribution in [3.63, 3.8) is 0 Å². The van der Waals surface area contributed by atoms with E-state index >= 15 is 0 Å². The molecule has 2 heterocycles. The second-order valence-electron chi connectivity index (χ2n) is 6.31. The maximum atomic E-state index is 4.61. The number of para-hydroxylation sites is 1. The summed E-state index contributed by atoms with van der Waals surface area (Å²) in [5.41, 5.74) is 1.31. The number of anilines is 1. The fourth-order valence-corrected chi connectivity index (χ4v) is 3.07. The van der Waals surface area contributed by atoms with Gasteiger partial charge >= 0.3 is 0 Å². The lowest BCUT2D eigenvalue weighted by Gasteiger charge is -2.19. The normalized spacial score (nSPS) is 17.1. The van der Waals surface area contributed by atoms with E-state index in [0.29, 0.717) is 12.5 Å². The molecule has 0 saturated carbocycles. The number of hydrogen-bond acceptors (Lipinski definition) is 4. The Labute approximate surface area is 172 Å². The number of rotatable bonds is 6. The second-order valence-corrected chi connectivity index (χ2v) is 6.31. The lowest BCUT2D eigenvalue weighted by molar-refractivity contribution is 0.565. The Bertz CT molecular complexity index is 686. The van der Waals surface area contributed by atoms with E-state index in [1.165, 1.54) is 12.1 Å². The third kappa shape index (κ3) is 5.58. The van der Waals surface area contributed by atoms with Gasteiger partial charge in [-0.05, 0) is 31.4 Å². The standard InChI is InChI=1S/C18H27N7.HI/c1-3-19-18(21-12-17-22-14-23-24(17)2)20-11-15-9-10-25(13-15)16-7-5-4-6-8-16;/h4-8,14-15H,3,9-13H2,1-2H3,(H2,19,20,21);1H. The molecular weight excluding hydrogens is 441 g/mol. The molecule has 0 amide bonds. The smallest absolute Gasteiger partial charge is 0.191 e. The van der Waals surface area contributed by atoms with Crippen molar-refractivity contribution in [3.05, 3.63) is 42.5 Å². The van der Waals surface area contributed by atoms with Crippen LogP contribution in [-0.4, -0.2) is 46.9 Å². The summed E-state index contributed by atoms with van der Waals surface area (Å²) in [5, 5.41) is 10.8. The van der Waals surface area contributed by atoms with Gasteiger partial charge in [0.25, 0.3) is 0 Å². The molecule has 1 aromatic heterocycles. The number of nitrogens with zero attached hydrogens (tertiary/aromatic N) is 5. The van der Waals surface area contributed by atoms with E-state index in [4.69, 9.17) is 0 Å². The van der Waals surface area contributed by atoms with Gasteiger partial charge in [-0.1, -0.05) is 18.2 Å². The number of guanidine groups is 1. The molecule has 1 fully saturated rings. The first-order chi connectivity index (χ1) is 12.3. The summed E-state index contributed by atoms with van der Waals surface area (Å²) >= 11 is 0. The van der Waals surface area contributed by atoms with E-state index in [1.807, 2.05) is 7.05 Å². The van der Waals surface area contributed by atoms with Crippen LogP contribution in [0, 0.1) is 5.92 Å². The van der Waals surface area contributed by atoms with E-state index in [0.717, 1.165) is 38.0 Å². The Hall–Kier alpha value is -1.84. The molecule has 0 spiro atoms. The fraction of sp³-hybridized carbons (Fsp3) is 0.500. The van der Waals surface area contributed by atoms with E-state index in [2.05, 4.69) is 67.9 Å². The van der Waals surface area contributed by atoms with Crippen LogP contribution in [0.5, 0.6) is 0 Å². The maximum Gasteiger partial charge on any atom is 0.191 e. The summed E-state index contributed by atoms with van der Waals surface area (Å²) in [7, 11) is 1.88. The molecule has 8 heteroatoms. The van der Waals surface area contributed by atoms with Crippen LogP contribution in [0.25, 0.3) is 0 Å². The average Bonchev–Trinajstić information content (AvgIpc) is 3.27. The Morgan fingerprint density at radius 2 is 2.08 bits per heavy atom. The summed E-state index contributed by atoms with van der Waals surface area (Å²) in [6, 6.07) is 10.6. The molecule has 1 aromatic carbocycles. The van der Waals surface area contributed by atoms with E-state index in [1.54, 1.807) is 11.0 Å². The minimum absolute atomic E-state index is 0. The molecule has 1 atom stereocenters. The Morgan fingerprint density at radius 3 is 2.77 bits per heavy atom. The van der Waals surface area contributed by atoms with Gasteiger partial charge in [-0.15, -0.1) is 24.0 Å². The zero-order chi connectivity index (χ0) is 17.5. The van der Waals surface area contributed by atoms with Gasteiger partial charge < -0.3 is 15.5 Å². The topological polar surface area (TPSA) is 70.4 Å². The zero-order valence-corrected chi connectivity index (χ0v) is 17.8. The summed E-state index contributed by atoms with van der Waals surface area (Å²) in [4.78, 5) is 11.3. The van der Waals surface area contributed by atoms with Crippen LogP contribution in [0.1, 0.15) is 19.2 Å². The van der Waals surface area contributed by atoms with Gasteiger partial charge in [0.15, 0.2) is 5.96 Å². The molecule has 1 unspecified atom stereocenters. The molecule has 2 aromatic rings. The van der Waals surface area contributed by atoms with Gasteiger partial charge in [0.1, 0.15) is 18.7 Å². The minimum Gasteiger partial charge on any atom is -0.371 e. The van der Waals surface area contributed by atoms with Crippen LogP contribution in [0.4, 0.5) is 5.69 Å². The Balaban J connectivity index is 0.00000243. The van der Waals surface area contributed by atoms with Crippen LogP contribution in [0.3, 0.4) is 0 Å². The molecule has 2 N–H and O–H groups in total. The molecule has 7 nitrogen and oxygen atoms in total. The number of aryl methyl sites for hydroxylation is 1. The SMILES string of the molecule is CCNC(=NCc1ncnn1C)NCC1CCN(c2ccccc2)C1.I. The molecule has 0 radical (unpaired) electrons. The van der Waals surface area contributed by atoms with Crippen LogP contribution in [0.15, 0.2) is 41.7 Å². The van der Waals surface area contributed by atoms with Gasteiger partial charge in [-0.2, -0.15) is 5.10 Å². The van der Waals surface area contributed by atoms with Crippen molar-refractivity contribution in [2.45, 2.75) is 19.9 Å². The monoisotopic (exact) mass is 469 g/mol. The molecule has 1 aliphatic heterocycles. The summed E-state index contributed by atoms with van der Waals surface area (Å²) < 4.78 is 1.75. The number of halogens is 1. The van der Waals surface area contributed by atoms with E-state index in [-0.39, 0.29) is 24.0 Å². The van der Waals surface area contributed by atoms with Gasteiger partial charge in [0, 0.05) is 38.9 Å². The van der Waals surface area contributed by atoms with Crippen molar-refractivity contribution in [1.82, 2.24) is 25.4 Å². The Kier molecular flexibility index (Phi) is 8.14. The van der Waals surface area contributed by atoms with Crippen molar-refractivity contribution in [2.24, 2.45) is 18.0 Å². The van der Waals surface area contributed by atoms with Crippen molar-refractivity contribution in [3.8, 4) is 0 Å². The number of benzene rings is 1. The number of hydrogen-bond donors (Lipinski definition) is 2. The molecule has 26 heavy (non-hydrogen) atoms. The molecule has 142 valence electrons. The fourth-order valence-electron chi connectivity index (χ4n) is 3.07. The number of aliphatic imine (C=N–C) groups is 1. The van der Waals surface area contributed by atoms with Crippen LogP contribution in [-0.2, 0) is 13.6 Å². The molecule has 1 aliphatic rings. The van der Waals surface area contributed by atoms with Crippen molar-refractivity contribution in [1.29, 1.82) is 0 Å². The summed E-state index contributed by atoms with van der Waals surface area (Å²) in [6.07, 6.45) is 2.76. The van der Waals surface area contributed by atoms with Crippen molar-refractivity contribution < 1.29 is 0 Å². The lowest BCUT2D eigenvalue weighted by atomic mass is 10.1. The van der Waals surface area contributed by atoms with Crippen LogP contribution < -0.4 is 15.5 Å². The molecule has 3 rings (SSSR count). The quantitative estimate of drug-likeness (QED) is 0.385. The van der Waals surface area contributed by atoms with E-state index in [9.17, 15) is 0 Å². The summed E-state index contributed by atoms with van der Waals surface area (Å²) in [6.45, 7) is 6.56. The second kappa shape index (κ2) is 10.3. The van der Waals surface area contributed by atoms with Gasteiger partial charge in [-0.25, -0.2) is 9.98 Å². The number of aromatic nitrogens is 3. The van der Waals surface area contributed by atoms with Crippen LogP contribution in [0.2, 0.25) is 0 Å². The van der Waals surface area contributed by atoms with Crippen molar-refractivity contribution >= 4 is 35.6 Å². The highest BCUT2D eigenvalue weighted by Gasteiger charge is 2.22. The zero-order valence-electron chi connectivity index (χ0n) is 15.4. The third-order valence-electron chi connectivity index (χ3n) is 4.49. The van der Waals surface area contributed by atoms with Gasteiger partial charge in [0.2, 0.25) is 0 Å². The first kappa shape index (κ1) is 20.5. The van der Waals surface area contributed by atoms with Gasteiger partial charge in [-0.3, -0.25) is 4.68 Å². The van der Waals surface area contributed by atoms with E-state index < -0.39 is 0 Å². The Morgan fingerprint density at radius 1 is 1.27 bits per heavy atom. The highest BCUT2D eigenvalue weighted by Crippen LogP contribution is 2.22. The predicted molar refractivity (Wildman–Crippen MR) is 116 cm³/mol. The minimum atomic E-state index is 0. The lowest BCUT2D eigenvalue weighted by Crippen LogP contribution is -2.40. The maximum absolute atomic E-state index is 4.61. The van der Waals surface area contributed by atoms with Crippen LogP contribution >= 0.6 is 24.0 Å². The van der Waals surface area contributed by atoms with Gasteiger partial charge in [0.05, 0.1) is 0 Å². The molecule has 1 saturated heterocycles. The first-order valence-corrected chi connectivity index (χ1v) is 8.91. The van der Waals surface area contributed by atoms with Crippen molar-refractivity contribution in [2.75, 3.05) is 31.1 Å². The largest absolute Gasteiger partial charge is 0.371 e. The molecule has 0 bridgehead atoms. The first-order valence-electron chi connectivity index (χ1n) is 8.91. The molecule has 0 aliphatic carbocycles. The predicted octanol–water partition coefficient (Wildman–Crippen LogP) is 2.01. The number of nitrogens with one attached hydrogen (secondary N) is 2. The molecular formula is C18H28IN7. The third-order valence-corrected chi connectivity index (χ3v) is 4.49.